The van der Waals surface area contributed by atoms with Crippen LogP contribution < -0.4 is 5.32 Å². The van der Waals surface area contributed by atoms with Crippen LogP contribution in [0.5, 0.6) is 0 Å². The summed E-state index contributed by atoms with van der Waals surface area (Å²) in [6, 6.07) is 5.97. The molecule has 1 fully saturated rings. The molecule has 2 heterocycles. The summed E-state index contributed by atoms with van der Waals surface area (Å²) in [5.74, 6) is 0.237. The summed E-state index contributed by atoms with van der Waals surface area (Å²) in [7, 11) is 0. The molecule has 3 atom stereocenters. The number of carbonyl (C=O) groups is 1. The molecule has 0 aliphatic carbocycles. The molecule has 1 aliphatic rings. The van der Waals surface area contributed by atoms with Gasteiger partial charge in [-0.1, -0.05) is 31.3 Å². The van der Waals surface area contributed by atoms with Gasteiger partial charge in [0.2, 0.25) is 5.91 Å². The van der Waals surface area contributed by atoms with E-state index in [4.69, 9.17) is 4.74 Å². The second kappa shape index (κ2) is 7.40. The number of hydrogen-bond acceptors (Lipinski definition) is 5. The highest BCUT2D eigenvalue weighted by atomic mass is 32.1. The van der Waals surface area contributed by atoms with Gasteiger partial charge in [-0.2, -0.15) is 0 Å². The average Bonchev–Trinajstić information content (AvgIpc) is 2.86. The molecule has 3 unspecified atom stereocenters. The third kappa shape index (κ3) is 4.19. The summed E-state index contributed by atoms with van der Waals surface area (Å²) in [6.45, 7) is 11.9. The minimum Gasteiger partial charge on any atom is -0.373 e. The molecule has 136 valence electrons. The SMILES string of the molecule is Cc1ccc2nc(NC(=O)C(C(C)C)N3CC(C)OC(C)C3)sc2c1. The number of nitrogens with one attached hydrogen (secondary N) is 1. The van der Waals surface area contributed by atoms with Crippen LogP contribution in [-0.4, -0.2) is 47.1 Å². The van der Waals surface area contributed by atoms with Crippen LogP contribution in [0.2, 0.25) is 0 Å². The minimum absolute atomic E-state index is 0.0204. The fourth-order valence-electron chi connectivity index (χ4n) is 3.60. The van der Waals surface area contributed by atoms with Crippen molar-refractivity contribution in [2.24, 2.45) is 5.92 Å². The number of nitrogens with zero attached hydrogens (tertiary/aromatic N) is 2. The molecule has 1 amide bonds. The number of ether oxygens (including phenoxy) is 1. The van der Waals surface area contributed by atoms with Crippen molar-refractivity contribution in [3.63, 3.8) is 0 Å². The number of morpholine rings is 1. The molecule has 1 saturated heterocycles. The van der Waals surface area contributed by atoms with E-state index in [0.29, 0.717) is 5.13 Å². The molecule has 3 rings (SSSR count). The lowest BCUT2D eigenvalue weighted by Crippen LogP contribution is -2.55. The third-order valence-electron chi connectivity index (χ3n) is 4.52. The lowest BCUT2D eigenvalue weighted by molar-refractivity contribution is -0.130. The van der Waals surface area contributed by atoms with Crippen LogP contribution in [0.1, 0.15) is 33.3 Å². The van der Waals surface area contributed by atoms with Gasteiger partial charge in [-0.05, 0) is 44.4 Å². The largest absolute Gasteiger partial charge is 0.373 e. The van der Waals surface area contributed by atoms with Crippen LogP contribution in [0.4, 0.5) is 5.13 Å². The first-order valence-electron chi connectivity index (χ1n) is 8.91. The van der Waals surface area contributed by atoms with E-state index in [0.717, 1.165) is 23.3 Å². The van der Waals surface area contributed by atoms with E-state index in [1.54, 1.807) is 0 Å². The van der Waals surface area contributed by atoms with Crippen molar-refractivity contribution in [2.45, 2.75) is 52.9 Å². The first-order chi connectivity index (χ1) is 11.8. The van der Waals surface area contributed by atoms with Gasteiger partial charge in [0.25, 0.3) is 0 Å². The Morgan fingerprint density at radius 1 is 1.32 bits per heavy atom. The lowest BCUT2D eigenvalue weighted by Gasteiger charge is -2.40. The van der Waals surface area contributed by atoms with Gasteiger partial charge < -0.3 is 10.1 Å². The number of fused-ring (bicyclic) bond motifs is 1. The fourth-order valence-corrected chi connectivity index (χ4v) is 4.57. The maximum Gasteiger partial charge on any atom is 0.243 e. The van der Waals surface area contributed by atoms with Gasteiger partial charge in [-0.25, -0.2) is 4.98 Å². The quantitative estimate of drug-likeness (QED) is 0.903. The smallest absolute Gasteiger partial charge is 0.243 e. The molecule has 0 radical (unpaired) electrons. The molecule has 1 aliphatic heterocycles. The summed E-state index contributed by atoms with van der Waals surface area (Å²) in [5, 5.41) is 3.72. The van der Waals surface area contributed by atoms with E-state index in [1.807, 2.05) is 12.1 Å². The molecular weight excluding hydrogens is 334 g/mol. The third-order valence-corrected chi connectivity index (χ3v) is 5.45. The Balaban J connectivity index is 1.78. The molecular formula is C19H27N3O2S. The van der Waals surface area contributed by atoms with Crippen LogP contribution in [0.3, 0.4) is 0 Å². The van der Waals surface area contributed by atoms with E-state index in [2.05, 4.69) is 55.9 Å². The maximum absolute atomic E-state index is 13.0. The van der Waals surface area contributed by atoms with Crippen molar-refractivity contribution in [3.8, 4) is 0 Å². The minimum atomic E-state index is -0.178. The Labute approximate surface area is 153 Å². The van der Waals surface area contributed by atoms with Gasteiger partial charge >= 0.3 is 0 Å². The van der Waals surface area contributed by atoms with Crippen molar-refractivity contribution in [2.75, 3.05) is 18.4 Å². The number of hydrogen-bond donors (Lipinski definition) is 1. The molecule has 6 heteroatoms. The van der Waals surface area contributed by atoms with E-state index < -0.39 is 0 Å². The Morgan fingerprint density at radius 3 is 2.64 bits per heavy atom. The van der Waals surface area contributed by atoms with Crippen molar-refractivity contribution in [1.82, 2.24) is 9.88 Å². The summed E-state index contributed by atoms with van der Waals surface area (Å²) >= 11 is 1.53. The normalized spacial score (nSPS) is 23.1. The molecule has 25 heavy (non-hydrogen) atoms. The Hall–Kier alpha value is -1.50. The summed E-state index contributed by atoms with van der Waals surface area (Å²) < 4.78 is 6.91. The van der Waals surface area contributed by atoms with Crippen LogP contribution >= 0.6 is 11.3 Å². The van der Waals surface area contributed by atoms with E-state index in [9.17, 15) is 4.79 Å². The van der Waals surface area contributed by atoms with E-state index in [-0.39, 0.29) is 30.1 Å². The van der Waals surface area contributed by atoms with E-state index in [1.165, 1.54) is 16.9 Å². The molecule has 1 aromatic carbocycles. The predicted octanol–water partition coefficient (Wildman–Crippen LogP) is 3.68. The second-order valence-corrected chi connectivity index (χ2v) is 8.41. The average molecular weight is 362 g/mol. The van der Waals surface area contributed by atoms with Gasteiger partial charge in [-0.3, -0.25) is 9.69 Å². The van der Waals surface area contributed by atoms with Gasteiger partial charge in [0, 0.05) is 13.1 Å². The van der Waals surface area contributed by atoms with Crippen molar-refractivity contribution >= 4 is 32.6 Å². The topological polar surface area (TPSA) is 54.5 Å². The van der Waals surface area contributed by atoms with Gasteiger partial charge in [0.15, 0.2) is 5.13 Å². The zero-order chi connectivity index (χ0) is 18.1. The molecule has 0 saturated carbocycles. The van der Waals surface area contributed by atoms with Crippen molar-refractivity contribution in [1.29, 1.82) is 0 Å². The van der Waals surface area contributed by atoms with Gasteiger partial charge in [0.1, 0.15) is 0 Å². The summed E-state index contributed by atoms with van der Waals surface area (Å²) in [4.78, 5) is 19.8. The second-order valence-electron chi connectivity index (χ2n) is 7.38. The highest BCUT2D eigenvalue weighted by Gasteiger charge is 2.34. The fraction of sp³-hybridized carbons (Fsp3) is 0.579. The molecule has 0 bridgehead atoms. The number of carbonyl (C=O) groups excluding carboxylic acids is 1. The molecule has 1 N–H and O–H groups in total. The maximum atomic E-state index is 13.0. The van der Waals surface area contributed by atoms with Gasteiger partial charge in [-0.15, -0.1) is 0 Å². The monoisotopic (exact) mass is 361 g/mol. The number of benzene rings is 1. The highest BCUT2D eigenvalue weighted by molar-refractivity contribution is 7.22. The Morgan fingerprint density at radius 2 is 2.00 bits per heavy atom. The zero-order valence-corrected chi connectivity index (χ0v) is 16.4. The molecule has 5 nitrogen and oxygen atoms in total. The summed E-state index contributed by atoms with van der Waals surface area (Å²) in [5.41, 5.74) is 2.13. The number of aromatic nitrogens is 1. The lowest BCUT2D eigenvalue weighted by atomic mass is 10.00. The Kier molecular flexibility index (Phi) is 5.41. The zero-order valence-electron chi connectivity index (χ0n) is 15.6. The standard InChI is InChI=1S/C19H27N3O2S/c1-11(2)17(22-9-13(4)24-14(5)10-22)18(23)21-19-20-15-7-6-12(3)8-16(15)25-19/h6-8,11,13-14,17H,9-10H2,1-5H3,(H,20,21,23). The van der Waals surface area contributed by atoms with Crippen LogP contribution in [-0.2, 0) is 9.53 Å². The number of rotatable bonds is 4. The summed E-state index contributed by atoms with van der Waals surface area (Å²) in [6.07, 6.45) is 0.284. The van der Waals surface area contributed by atoms with Gasteiger partial charge in [0.05, 0.1) is 28.5 Å². The Bertz CT molecular complexity index is 748. The number of aryl methyl sites for hydroxylation is 1. The molecule has 0 spiro atoms. The van der Waals surface area contributed by atoms with E-state index >= 15 is 0 Å². The predicted molar refractivity (Wildman–Crippen MR) is 103 cm³/mol. The highest BCUT2D eigenvalue weighted by Crippen LogP contribution is 2.27. The van der Waals surface area contributed by atoms with Crippen LogP contribution in [0.25, 0.3) is 10.2 Å². The first-order valence-corrected chi connectivity index (χ1v) is 9.72. The van der Waals surface area contributed by atoms with Crippen LogP contribution in [0.15, 0.2) is 18.2 Å². The number of amides is 1. The number of anilines is 1. The molecule has 2 aromatic rings. The van der Waals surface area contributed by atoms with Crippen molar-refractivity contribution < 1.29 is 9.53 Å². The van der Waals surface area contributed by atoms with Crippen LogP contribution in [0, 0.1) is 12.8 Å². The first kappa shape index (κ1) is 18.3. The number of thiazole rings is 1. The van der Waals surface area contributed by atoms with Crippen molar-refractivity contribution in [3.05, 3.63) is 23.8 Å². The molecule has 1 aromatic heterocycles.